The van der Waals surface area contributed by atoms with Crippen molar-refractivity contribution in [1.82, 2.24) is 5.32 Å². The molecule has 0 saturated heterocycles. The number of benzene rings is 1. The molecule has 2 nitrogen and oxygen atoms in total. The summed E-state index contributed by atoms with van der Waals surface area (Å²) in [6.07, 6.45) is 2.50. The fourth-order valence-electron chi connectivity index (χ4n) is 1.81. The van der Waals surface area contributed by atoms with Crippen LogP contribution >= 0.6 is 11.8 Å². The molecule has 1 aromatic heterocycles. The van der Waals surface area contributed by atoms with Crippen molar-refractivity contribution < 1.29 is 13.2 Å². The minimum absolute atomic E-state index is 0.00809. The molecule has 1 aromatic carbocycles. The Balaban J connectivity index is 2.16. The van der Waals surface area contributed by atoms with Crippen molar-refractivity contribution in [1.29, 1.82) is 0 Å². The van der Waals surface area contributed by atoms with Crippen LogP contribution in [0.2, 0.25) is 0 Å². The molecule has 108 valence electrons. The molecule has 0 bridgehead atoms. The van der Waals surface area contributed by atoms with E-state index in [1.54, 1.807) is 13.0 Å². The number of halogens is 2. The molecule has 0 aliphatic rings. The molecule has 2 rings (SSSR count). The van der Waals surface area contributed by atoms with E-state index < -0.39 is 11.6 Å². The molecule has 0 radical (unpaired) electrons. The molecule has 0 fully saturated rings. The van der Waals surface area contributed by atoms with Crippen LogP contribution in [-0.2, 0) is 6.54 Å². The quantitative estimate of drug-likeness (QED) is 0.794. The average Bonchev–Trinajstić information content (AvgIpc) is 2.80. The lowest BCUT2D eigenvalue weighted by Gasteiger charge is -2.08. The van der Waals surface area contributed by atoms with Crippen molar-refractivity contribution in [2.75, 3.05) is 6.54 Å². The molecule has 1 N–H and O–H groups in total. The van der Waals surface area contributed by atoms with Crippen molar-refractivity contribution in [3.63, 3.8) is 0 Å². The summed E-state index contributed by atoms with van der Waals surface area (Å²) in [6, 6.07) is 4.46. The maximum Gasteiger partial charge on any atom is 0.140 e. The van der Waals surface area contributed by atoms with Crippen LogP contribution in [0.1, 0.15) is 24.7 Å². The third-order valence-corrected chi connectivity index (χ3v) is 4.07. The molecule has 0 atom stereocenters. The predicted molar refractivity (Wildman–Crippen MR) is 75.9 cm³/mol. The SMILES string of the molecule is CCCNCc1cc(F)c(Sc2ccoc2C)c(F)c1. The summed E-state index contributed by atoms with van der Waals surface area (Å²) in [5, 5.41) is 3.12. The van der Waals surface area contributed by atoms with Gasteiger partial charge < -0.3 is 9.73 Å². The molecule has 0 saturated carbocycles. The Morgan fingerprint density at radius 2 is 1.95 bits per heavy atom. The summed E-state index contributed by atoms with van der Waals surface area (Å²) in [7, 11) is 0. The van der Waals surface area contributed by atoms with Gasteiger partial charge in [-0.1, -0.05) is 18.7 Å². The third kappa shape index (κ3) is 3.61. The molecule has 0 unspecified atom stereocenters. The number of furan rings is 1. The summed E-state index contributed by atoms with van der Waals surface area (Å²) in [4.78, 5) is 0.730. The Morgan fingerprint density at radius 1 is 1.25 bits per heavy atom. The maximum absolute atomic E-state index is 14.0. The molecule has 0 aliphatic heterocycles. The Labute approximate surface area is 121 Å². The van der Waals surface area contributed by atoms with E-state index in [4.69, 9.17) is 4.42 Å². The van der Waals surface area contributed by atoms with Crippen molar-refractivity contribution in [2.45, 2.75) is 36.6 Å². The van der Waals surface area contributed by atoms with E-state index in [1.807, 2.05) is 6.92 Å². The van der Waals surface area contributed by atoms with Gasteiger partial charge in [0, 0.05) is 6.54 Å². The van der Waals surface area contributed by atoms with E-state index in [9.17, 15) is 8.78 Å². The Kier molecular flexibility index (Phi) is 5.20. The van der Waals surface area contributed by atoms with E-state index >= 15 is 0 Å². The molecule has 0 aliphatic carbocycles. The van der Waals surface area contributed by atoms with E-state index in [2.05, 4.69) is 5.32 Å². The lowest BCUT2D eigenvalue weighted by molar-refractivity contribution is 0.525. The van der Waals surface area contributed by atoms with Crippen molar-refractivity contribution >= 4 is 11.8 Å². The van der Waals surface area contributed by atoms with Gasteiger partial charge in [-0.05, 0) is 43.7 Å². The smallest absolute Gasteiger partial charge is 0.140 e. The number of nitrogens with one attached hydrogen (secondary N) is 1. The first-order chi connectivity index (χ1) is 9.61. The van der Waals surface area contributed by atoms with Gasteiger partial charge in [0.05, 0.1) is 16.1 Å². The molecule has 20 heavy (non-hydrogen) atoms. The second-order valence-corrected chi connectivity index (χ2v) is 5.56. The highest BCUT2D eigenvalue weighted by molar-refractivity contribution is 7.99. The van der Waals surface area contributed by atoms with Crippen LogP contribution in [0.4, 0.5) is 8.78 Å². The summed E-state index contributed by atoms with van der Waals surface area (Å²) < 4.78 is 33.2. The largest absolute Gasteiger partial charge is 0.468 e. The lowest BCUT2D eigenvalue weighted by Crippen LogP contribution is -2.14. The number of aryl methyl sites for hydroxylation is 1. The molecule has 1 heterocycles. The van der Waals surface area contributed by atoms with Crippen LogP contribution < -0.4 is 5.32 Å². The summed E-state index contributed by atoms with van der Waals surface area (Å²) in [5.41, 5.74) is 0.613. The summed E-state index contributed by atoms with van der Waals surface area (Å²) in [6.45, 7) is 5.10. The zero-order valence-electron chi connectivity index (χ0n) is 11.5. The van der Waals surface area contributed by atoms with Gasteiger partial charge in [0.1, 0.15) is 17.4 Å². The van der Waals surface area contributed by atoms with Crippen LogP contribution in [0.15, 0.2) is 38.7 Å². The zero-order valence-corrected chi connectivity index (χ0v) is 12.3. The topological polar surface area (TPSA) is 25.2 Å². The van der Waals surface area contributed by atoms with Crippen molar-refractivity contribution in [3.8, 4) is 0 Å². The van der Waals surface area contributed by atoms with Crippen LogP contribution in [0, 0.1) is 18.6 Å². The maximum atomic E-state index is 14.0. The monoisotopic (exact) mass is 297 g/mol. The molecule has 0 spiro atoms. The van der Waals surface area contributed by atoms with Gasteiger partial charge in [-0.25, -0.2) is 8.78 Å². The highest BCUT2D eigenvalue weighted by atomic mass is 32.2. The Hall–Kier alpha value is -1.33. The predicted octanol–water partition coefficient (Wildman–Crippen LogP) is 4.52. The highest BCUT2D eigenvalue weighted by Gasteiger charge is 2.14. The molecule has 0 amide bonds. The van der Waals surface area contributed by atoms with Gasteiger partial charge in [0.25, 0.3) is 0 Å². The van der Waals surface area contributed by atoms with E-state index in [0.717, 1.165) is 29.6 Å². The average molecular weight is 297 g/mol. The van der Waals surface area contributed by atoms with E-state index in [-0.39, 0.29) is 4.90 Å². The minimum Gasteiger partial charge on any atom is -0.468 e. The normalized spacial score (nSPS) is 11.0. The first-order valence-electron chi connectivity index (χ1n) is 6.52. The van der Waals surface area contributed by atoms with Gasteiger partial charge in [0.2, 0.25) is 0 Å². The molecular formula is C15H17F2NOS. The third-order valence-electron chi connectivity index (χ3n) is 2.84. The van der Waals surface area contributed by atoms with Crippen LogP contribution in [0.3, 0.4) is 0 Å². The number of hydrogen-bond donors (Lipinski definition) is 1. The van der Waals surface area contributed by atoms with Crippen LogP contribution in [0.25, 0.3) is 0 Å². The molecule has 2 aromatic rings. The first kappa shape index (κ1) is 15.1. The van der Waals surface area contributed by atoms with Gasteiger partial charge in [-0.15, -0.1) is 0 Å². The van der Waals surface area contributed by atoms with Crippen molar-refractivity contribution in [3.05, 3.63) is 47.4 Å². The zero-order chi connectivity index (χ0) is 14.5. The second-order valence-electron chi connectivity index (χ2n) is 4.51. The van der Waals surface area contributed by atoms with Crippen molar-refractivity contribution in [2.24, 2.45) is 0 Å². The van der Waals surface area contributed by atoms with Crippen LogP contribution in [-0.4, -0.2) is 6.54 Å². The summed E-state index contributed by atoms with van der Waals surface area (Å²) in [5.74, 6) is -0.421. The second kappa shape index (κ2) is 6.90. The standard InChI is InChI=1S/C15H17F2NOS/c1-3-5-18-9-11-7-12(16)15(13(17)8-11)20-14-4-6-19-10(14)2/h4,6-8,18H,3,5,9H2,1-2H3. The van der Waals surface area contributed by atoms with Gasteiger partial charge in [-0.3, -0.25) is 0 Å². The summed E-state index contributed by atoms with van der Waals surface area (Å²) >= 11 is 1.05. The van der Waals surface area contributed by atoms with Gasteiger partial charge >= 0.3 is 0 Å². The number of rotatable bonds is 6. The van der Waals surface area contributed by atoms with Gasteiger partial charge in [0.15, 0.2) is 0 Å². The fraction of sp³-hybridized carbons (Fsp3) is 0.333. The first-order valence-corrected chi connectivity index (χ1v) is 7.34. The Morgan fingerprint density at radius 3 is 2.50 bits per heavy atom. The number of hydrogen-bond acceptors (Lipinski definition) is 3. The molecule has 5 heteroatoms. The fourth-order valence-corrected chi connectivity index (χ4v) is 2.66. The van der Waals surface area contributed by atoms with Gasteiger partial charge in [-0.2, -0.15) is 0 Å². The lowest BCUT2D eigenvalue weighted by atomic mass is 10.2. The van der Waals surface area contributed by atoms with Crippen LogP contribution in [0.5, 0.6) is 0 Å². The minimum atomic E-state index is -0.538. The molecular weight excluding hydrogens is 280 g/mol. The highest BCUT2D eigenvalue weighted by Crippen LogP contribution is 2.34. The Bertz CT molecular complexity index is 560. The van der Waals surface area contributed by atoms with E-state index in [0.29, 0.717) is 17.9 Å². The van der Waals surface area contributed by atoms with E-state index in [1.165, 1.54) is 18.4 Å².